The lowest BCUT2D eigenvalue weighted by Gasteiger charge is -2.12. The molecule has 0 atom stereocenters. The summed E-state index contributed by atoms with van der Waals surface area (Å²) in [7, 11) is 1.46. The minimum absolute atomic E-state index is 0.0144. The summed E-state index contributed by atoms with van der Waals surface area (Å²) in [5.41, 5.74) is 1.81. The molecule has 3 aromatic rings. The molecule has 0 bridgehead atoms. The normalized spacial score (nSPS) is 10.5. The summed E-state index contributed by atoms with van der Waals surface area (Å²) in [5, 5.41) is 17.5. The fourth-order valence-electron chi connectivity index (χ4n) is 2.72. The lowest BCUT2D eigenvalue weighted by atomic mass is 10.1. The summed E-state index contributed by atoms with van der Waals surface area (Å²) in [5.74, 6) is 0.995. The van der Waals surface area contributed by atoms with Gasteiger partial charge in [-0.15, -0.1) is 0 Å². The lowest BCUT2D eigenvalue weighted by Crippen LogP contribution is -2.12. The van der Waals surface area contributed by atoms with E-state index in [1.54, 1.807) is 19.1 Å². The van der Waals surface area contributed by atoms with Crippen LogP contribution in [0.25, 0.3) is 0 Å². The fraction of sp³-hybridized carbons (Fsp3) is 0.200. The molecule has 9 nitrogen and oxygen atoms in total. The molecule has 156 valence electrons. The number of amides is 1. The number of methoxy groups -OCH3 is 1. The number of benzene rings is 2. The monoisotopic (exact) mass is 431 g/mol. The average molecular weight is 432 g/mol. The van der Waals surface area contributed by atoms with Crippen molar-refractivity contribution in [1.82, 2.24) is 5.16 Å². The smallest absolute Gasteiger partial charge is 0.289 e. The zero-order chi connectivity index (χ0) is 21.8. The van der Waals surface area contributed by atoms with Crippen LogP contribution in [0.5, 0.6) is 11.5 Å². The van der Waals surface area contributed by atoms with E-state index < -0.39 is 10.8 Å². The molecule has 1 amide bonds. The summed E-state index contributed by atoms with van der Waals surface area (Å²) in [4.78, 5) is 23.0. The second kappa shape index (κ2) is 8.83. The number of nitrogens with zero attached hydrogens (tertiary/aromatic N) is 2. The van der Waals surface area contributed by atoms with Crippen molar-refractivity contribution in [3.8, 4) is 11.5 Å². The fourth-order valence-corrected chi connectivity index (χ4v) is 2.91. The van der Waals surface area contributed by atoms with Crippen molar-refractivity contribution in [3.05, 3.63) is 74.1 Å². The van der Waals surface area contributed by atoms with Gasteiger partial charge in [0.25, 0.3) is 11.6 Å². The van der Waals surface area contributed by atoms with Gasteiger partial charge in [0.1, 0.15) is 17.4 Å². The molecule has 0 saturated carbocycles. The quantitative estimate of drug-likeness (QED) is 0.425. The highest BCUT2D eigenvalue weighted by Crippen LogP contribution is 2.31. The van der Waals surface area contributed by atoms with Crippen LogP contribution in [0.4, 0.5) is 11.4 Å². The van der Waals surface area contributed by atoms with Crippen LogP contribution < -0.4 is 14.8 Å². The van der Waals surface area contributed by atoms with Crippen LogP contribution in [0.3, 0.4) is 0 Å². The molecule has 1 N–H and O–H groups in total. The van der Waals surface area contributed by atoms with Gasteiger partial charge in [-0.3, -0.25) is 14.9 Å². The Morgan fingerprint density at radius 3 is 2.63 bits per heavy atom. The van der Waals surface area contributed by atoms with E-state index in [0.717, 1.165) is 11.3 Å². The third kappa shape index (κ3) is 4.52. The molecule has 0 aliphatic rings. The van der Waals surface area contributed by atoms with Crippen LogP contribution in [0.15, 0.2) is 40.9 Å². The van der Waals surface area contributed by atoms with Gasteiger partial charge in [-0.2, -0.15) is 0 Å². The van der Waals surface area contributed by atoms with Crippen LogP contribution in [-0.4, -0.2) is 23.1 Å². The molecule has 0 saturated heterocycles. The molecule has 0 radical (unpaired) electrons. The van der Waals surface area contributed by atoms with Gasteiger partial charge < -0.3 is 19.3 Å². The predicted molar refractivity (Wildman–Crippen MR) is 109 cm³/mol. The number of carbonyl (C=O) groups is 1. The zero-order valence-corrected chi connectivity index (χ0v) is 17.1. The number of nitro groups is 1. The van der Waals surface area contributed by atoms with Gasteiger partial charge >= 0.3 is 0 Å². The first-order valence-electron chi connectivity index (χ1n) is 8.78. The zero-order valence-electron chi connectivity index (χ0n) is 16.4. The Kier molecular flexibility index (Phi) is 6.22. The second-order valence-corrected chi connectivity index (χ2v) is 6.74. The van der Waals surface area contributed by atoms with Gasteiger partial charge in [0.15, 0.2) is 11.5 Å². The largest absolute Gasteiger partial charge is 0.493 e. The van der Waals surface area contributed by atoms with Crippen LogP contribution in [0, 0.1) is 24.0 Å². The van der Waals surface area contributed by atoms with E-state index in [-0.39, 0.29) is 28.6 Å². The van der Waals surface area contributed by atoms with Gasteiger partial charge in [-0.1, -0.05) is 16.8 Å². The lowest BCUT2D eigenvalue weighted by molar-refractivity contribution is -0.384. The molecule has 0 spiro atoms. The van der Waals surface area contributed by atoms with Crippen molar-refractivity contribution in [2.75, 3.05) is 12.4 Å². The maximum absolute atomic E-state index is 12.6. The van der Waals surface area contributed by atoms with Crippen molar-refractivity contribution in [3.63, 3.8) is 0 Å². The second-order valence-electron chi connectivity index (χ2n) is 6.33. The van der Waals surface area contributed by atoms with Crippen molar-refractivity contribution in [1.29, 1.82) is 0 Å². The van der Waals surface area contributed by atoms with Crippen LogP contribution in [0.2, 0.25) is 5.02 Å². The Morgan fingerprint density at radius 1 is 1.23 bits per heavy atom. The number of anilines is 1. The van der Waals surface area contributed by atoms with E-state index in [4.69, 9.17) is 25.6 Å². The molecular weight excluding hydrogens is 414 g/mol. The van der Waals surface area contributed by atoms with Crippen molar-refractivity contribution in [2.24, 2.45) is 0 Å². The number of rotatable bonds is 7. The minimum atomic E-state index is -0.619. The molecule has 1 aromatic heterocycles. The van der Waals surface area contributed by atoms with Crippen LogP contribution in [0.1, 0.15) is 27.4 Å². The highest BCUT2D eigenvalue weighted by atomic mass is 35.5. The van der Waals surface area contributed by atoms with Gasteiger partial charge in [0.2, 0.25) is 0 Å². The van der Waals surface area contributed by atoms with Crippen LogP contribution in [-0.2, 0) is 6.61 Å². The number of ether oxygens (including phenoxy) is 2. The van der Waals surface area contributed by atoms with Crippen molar-refractivity contribution >= 4 is 28.9 Å². The number of aryl methyl sites for hydroxylation is 2. The predicted octanol–water partition coefficient (Wildman–Crippen LogP) is 4.69. The summed E-state index contributed by atoms with van der Waals surface area (Å²) in [6.45, 7) is 3.85. The van der Waals surface area contributed by atoms with E-state index >= 15 is 0 Å². The van der Waals surface area contributed by atoms with E-state index in [2.05, 4.69) is 10.5 Å². The van der Waals surface area contributed by atoms with Crippen molar-refractivity contribution < 1.29 is 23.7 Å². The number of aromatic nitrogens is 1. The number of carbonyl (C=O) groups excluding carboxylic acids is 1. The number of halogens is 1. The molecule has 2 aromatic carbocycles. The van der Waals surface area contributed by atoms with Gasteiger partial charge in [0.05, 0.1) is 23.3 Å². The highest BCUT2D eigenvalue weighted by Gasteiger charge is 2.17. The molecular formula is C20H18ClN3O6. The van der Waals surface area contributed by atoms with Crippen molar-refractivity contribution in [2.45, 2.75) is 20.5 Å². The number of nitrogens with one attached hydrogen (secondary N) is 1. The highest BCUT2D eigenvalue weighted by molar-refractivity contribution is 6.32. The Labute approximate surface area is 176 Å². The van der Waals surface area contributed by atoms with E-state index in [1.165, 1.54) is 31.4 Å². The molecule has 30 heavy (non-hydrogen) atoms. The van der Waals surface area contributed by atoms with Crippen LogP contribution >= 0.6 is 11.6 Å². The van der Waals surface area contributed by atoms with E-state index in [9.17, 15) is 14.9 Å². The first kappa shape index (κ1) is 21.1. The Hall–Kier alpha value is -3.59. The third-order valence-electron chi connectivity index (χ3n) is 4.38. The molecule has 0 aliphatic carbocycles. The number of hydrogen-bond donors (Lipinski definition) is 1. The topological polar surface area (TPSA) is 117 Å². The molecule has 3 rings (SSSR count). The molecule has 10 heteroatoms. The van der Waals surface area contributed by atoms with Gasteiger partial charge in [-0.25, -0.2) is 0 Å². The maximum atomic E-state index is 12.6. The summed E-state index contributed by atoms with van der Waals surface area (Å²) in [6.07, 6.45) is 0. The number of hydrogen-bond acceptors (Lipinski definition) is 7. The molecule has 0 unspecified atom stereocenters. The summed E-state index contributed by atoms with van der Waals surface area (Å²) < 4.78 is 16.2. The molecule has 1 heterocycles. The van der Waals surface area contributed by atoms with E-state index in [0.29, 0.717) is 17.3 Å². The third-order valence-corrected chi connectivity index (χ3v) is 4.70. The van der Waals surface area contributed by atoms with Gasteiger partial charge in [-0.05, 0) is 44.2 Å². The minimum Gasteiger partial charge on any atom is -0.493 e. The maximum Gasteiger partial charge on any atom is 0.289 e. The first-order chi connectivity index (χ1) is 14.3. The Balaban J connectivity index is 1.76. The first-order valence-corrected chi connectivity index (χ1v) is 9.15. The Bertz CT molecular complexity index is 1090. The average Bonchev–Trinajstić information content (AvgIpc) is 3.04. The standard InChI is InChI=1S/C20H18ClN3O6/c1-11-15(12(2)30-23-11)10-29-18-7-4-13(8-19(18)28-3)20(25)22-14-5-6-16(21)17(9-14)24(26)27/h4-9H,10H2,1-3H3,(H,22,25). The summed E-state index contributed by atoms with van der Waals surface area (Å²) >= 11 is 5.79. The molecule has 0 aliphatic heterocycles. The SMILES string of the molecule is COc1cc(C(=O)Nc2ccc(Cl)c([N+](=O)[O-])c2)ccc1OCc1c(C)noc1C. The number of nitro benzene ring substituents is 1. The van der Waals surface area contributed by atoms with Gasteiger partial charge in [0, 0.05) is 17.3 Å². The molecule has 0 fully saturated rings. The van der Waals surface area contributed by atoms with E-state index in [1.807, 2.05) is 6.92 Å². The summed E-state index contributed by atoms with van der Waals surface area (Å²) in [6, 6.07) is 8.70. The Morgan fingerprint density at radius 2 is 2.00 bits per heavy atom.